The number of sulfonamides is 1. The van der Waals surface area contributed by atoms with E-state index in [0.29, 0.717) is 16.3 Å². The molecule has 0 fully saturated rings. The van der Waals surface area contributed by atoms with Crippen LogP contribution in [0.1, 0.15) is 49.9 Å². The molecule has 0 heterocycles. The molecular formula is C31H38ClN3O4S. The van der Waals surface area contributed by atoms with Gasteiger partial charge in [-0.15, -0.1) is 0 Å². The predicted molar refractivity (Wildman–Crippen MR) is 161 cm³/mol. The van der Waals surface area contributed by atoms with E-state index in [0.717, 1.165) is 21.0 Å². The molecule has 0 bridgehead atoms. The van der Waals surface area contributed by atoms with Gasteiger partial charge in [0.2, 0.25) is 11.8 Å². The van der Waals surface area contributed by atoms with Gasteiger partial charge in [-0.3, -0.25) is 13.9 Å². The monoisotopic (exact) mass is 583 g/mol. The van der Waals surface area contributed by atoms with Crippen LogP contribution in [0.3, 0.4) is 0 Å². The third-order valence-electron chi connectivity index (χ3n) is 6.63. The molecule has 40 heavy (non-hydrogen) atoms. The van der Waals surface area contributed by atoms with Crippen molar-refractivity contribution >= 4 is 39.1 Å². The van der Waals surface area contributed by atoms with Gasteiger partial charge >= 0.3 is 0 Å². The van der Waals surface area contributed by atoms with E-state index in [4.69, 9.17) is 11.6 Å². The summed E-state index contributed by atoms with van der Waals surface area (Å²) in [6.07, 6.45) is 0. The van der Waals surface area contributed by atoms with Crippen molar-refractivity contribution in [1.29, 1.82) is 0 Å². The summed E-state index contributed by atoms with van der Waals surface area (Å²) in [6, 6.07) is 17.9. The van der Waals surface area contributed by atoms with E-state index in [-0.39, 0.29) is 17.3 Å². The summed E-state index contributed by atoms with van der Waals surface area (Å²) in [7, 11) is -4.13. The highest BCUT2D eigenvalue weighted by atomic mass is 35.5. The van der Waals surface area contributed by atoms with E-state index in [2.05, 4.69) is 5.32 Å². The Hall–Kier alpha value is -3.36. The second-order valence-electron chi connectivity index (χ2n) is 11.1. The smallest absolute Gasteiger partial charge is 0.264 e. The summed E-state index contributed by atoms with van der Waals surface area (Å²) in [5.74, 6) is -0.891. The Bertz CT molecular complexity index is 1480. The number of hydrogen-bond donors (Lipinski definition) is 1. The van der Waals surface area contributed by atoms with Crippen LogP contribution < -0.4 is 9.62 Å². The van der Waals surface area contributed by atoms with Gasteiger partial charge < -0.3 is 10.2 Å². The Morgan fingerprint density at radius 3 is 2.12 bits per heavy atom. The van der Waals surface area contributed by atoms with Crippen LogP contribution >= 0.6 is 11.6 Å². The number of nitrogens with one attached hydrogen (secondary N) is 1. The molecule has 0 saturated heterocycles. The second-order valence-corrected chi connectivity index (χ2v) is 13.4. The summed E-state index contributed by atoms with van der Waals surface area (Å²) < 4.78 is 29.0. The first-order valence-corrected chi connectivity index (χ1v) is 14.9. The Kier molecular flexibility index (Phi) is 9.69. The minimum atomic E-state index is -4.13. The third-order valence-corrected chi connectivity index (χ3v) is 8.79. The highest BCUT2D eigenvalue weighted by Crippen LogP contribution is 2.27. The van der Waals surface area contributed by atoms with Crippen molar-refractivity contribution in [2.75, 3.05) is 10.8 Å². The number of aryl methyl sites for hydroxylation is 3. The molecule has 214 valence electrons. The van der Waals surface area contributed by atoms with Gasteiger partial charge in [-0.25, -0.2) is 8.42 Å². The van der Waals surface area contributed by atoms with Crippen LogP contribution in [0.5, 0.6) is 0 Å². The number of anilines is 1. The lowest BCUT2D eigenvalue weighted by Gasteiger charge is -2.33. The van der Waals surface area contributed by atoms with Crippen molar-refractivity contribution in [2.45, 2.75) is 71.5 Å². The Morgan fingerprint density at radius 2 is 1.55 bits per heavy atom. The van der Waals surface area contributed by atoms with Gasteiger partial charge in [0.25, 0.3) is 10.0 Å². The lowest BCUT2D eigenvalue weighted by Crippen LogP contribution is -2.54. The zero-order chi connectivity index (χ0) is 29.8. The minimum Gasteiger partial charge on any atom is -0.350 e. The van der Waals surface area contributed by atoms with E-state index in [9.17, 15) is 18.0 Å². The van der Waals surface area contributed by atoms with Gasteiger partial charge in [-0.05, 0) is 95.5 Å². The molecule has 9 heteroatoms. The van der Waals surface area contributed by atoms with Gasteiger partial charge in [0.1, 0.15) is 12.6 Å². The fraction of sp³-hybridized carbons (Fsp3) is 0.355. The lowest BCUT2D eigenvalue weighted by molar-refractivity contribution is -0.140. The maximum atomic E-state index is 14.0. The standard InChI is InChI=1S/C31H38ClN3O4S/c1-21-12-16-27(17-13-21)40(38,39)35(26-15-14-22(2)23(3)18-26)20-29(36)34(19-25-10-8-9-11-28(25)32)24(4)30(37)33-31(5,6)7/h8-18,24H,19-20H2,1-7H3,(H,33,37). The average molecular weight is 584 g/mol. The largest absolute Gasteiger partial charge is 0.350 e. The van der Waals surface area contributed by atoms with E-state index in [1.54, 1.807) is 55.5 Å². The minimum absolute atomic E-state index is 0.0303. The number of carbonyl (C=O) groups is 2. The van der Waals surface area contributed by atoms with E-state index in [1.165, 1.54) is 17.0 Å². The van der Waals surface area contributed by atoms with Crippen LogP contribution in [0.25, 0.3) is 0 Å². The summed E-state index contributed by atoms with van der Waals surface area (Å²) in [5, 5.41) is 3.36. The van der Waals surface area contributed by atoms with Gasteiger partial charge in [-0.2, -0.15) is 0 Å². The zero-order valence-electron chi connectivity index (χ0n) is 24.2. The molecule has 0 spiro atoms. The average Bonchev–Trinajstić information content (AvgIpc) is 2.87. The number of benzene rings is 3. The SMILES string of the molecule is Cc1ccc(S(=O)(=O)N(CC(=O)N(Cc2ccccc2Cl)C(C)C(=O)NC(C)(C)C)c2ccc(C)c(C)c2)cc1. The normalized spacial score (nSPS) is 12.5. The van der Waals surface area contributed by atoms with Gasteiger partial charge in [-0.1, -0.05) is 53.6 Å². The van der Waals surface area contributed by atoms with E-state index < -0.39 is 34.1 Å². The van der Waals surface area contributed by atoms with Crippen LogP contribution in [0.2, 0.25) is 5.02 Å². The highest BCUT2D eigenvalue weighted by molar-refractivity contribution is 7.92. The van der Waals surface area contributed by atoms with Crippen molar-refractivity contribution in [3.05, 3.63) is 94.0 Å². The Morgan fingerprint density at radius 1 is 0.925 bits per heavy atom. The number of rotatable bonds is 9. The van der Waals surface area contributed by atoms with Crippen molar-refractivity contribution in [3.63, 3.8) is 0 Å². The molecular weight excluding hydrogens is 546 g/mol. The van der Waals surface area contributed by atoms with Crippen molar-refractivity contribution in [3.8, 4) is 0 Å². The summed E-state index contributed by atoms with van der Waals surface area (Å²) >= 11 is 6.42. The quantitative estimate of drug-likeness (QED) is 0.345. The van der Waals surface area contributed by atoms with Gasteiger partial charge in [0.05, 0.1) is 10.6 Å². The molecule has 1 unspecified atom stereocenters. The van der Waals surface area contributed by atoms with Crippen LogP contribution in [0, 0.1) is 20.8 Å². The molecule has 2 amide bonds. The fourth-order valence-corrected chi connectivity index (χ4v) is 5.72. The number of carbonyl (C=O) groups excluding carboxylic acids is 2. The highest BCUT2D eigenvalue weighted by Gasteiger charge is 2.33. The molecule has 1 N–H and O–H groups in total. The first-order valence-electron chi connectivity index (χ1n) is 13.1. The summed E-state index contributed by atoms with van der Waals surface area (Å²) in [4.78, 5) is 28.7. The molecule has 3 rings (SSSR count). The molecule has 0 radical (unpaired) electrons. The Balaban J connectivity index is 2.08. The molecule has 7 nitrogen and oxygen atoms in total. The number of amides is 2. The van der Waals surface area contributed by atoms with Gasteiger partial charge in [0, 0.05) is 17.1 Å². The summed E-state index contributed by atoms with van der Waals surface area (Å²) in [5.41, 5.74) is 3.28. The lowest BCUT2D eigenvalue weighted by atomic mass is 10.1. The third kappa shape index (κ3) is 7.64. The summed E-state index contributed by atoms with van der Waals surface area (Å²) in [6.45, 7) is 12.4. The molecule has 0 aliphatic rings. The van der Waals surface area contributed by atoms with Crippen molar-refractivity contribution in [1.82, 2.24) is 10.2 Å². The topological polar surface area (TPSA) is 86.8 Å². The van der Waals surface area contributed by atoms with Crippen LogP contribution in [-0.4, -0.2) is 43.3 Å². The van der Waals surface area contributed by atoms with Crippen LogP contribution in [0.15, 0.2) is 71.6 Å². The molecule has 0 aliphatic heterocycles. The molecule has 0 saturated carbocycles. The maximum Gasteiger partial charge on any atom is 0.264 e. The first kappa shape index (κ1) is 31.2. The molecule has 3 aromatic carbocycles. The van der Waals surface area contributed by atoms with Crippen LogP contribution in [0.4, 0.5) is 5.69 Å². The van der Waals surface area contributed by atoms with Crippen molar-refractivity contribution < 1.29 is 18.0 Å². The molecule has 0 aliphatic carbocycles. The zero-order valence-corrected chi connectivity index (χ0v) is 25.7. The number of nitrogens with zero attached hydrogens (tertiary/aromatic N) is 2. The maximum absolute atomic E-state index is 14.0. The van der Waals surface area contributed by atoms with E-state index >= 15 is 0 Å². The van der Waals surface area contributed by atoms with E-state index in [1.807, 2.05) is 47.6 Å². The molecule has 3 aromatic rings. The van der Waals surface area contributed by atoms with Crippen molar-refractivity contribution in [2.24, 2.45) is 0 Å². The number of halogens is 1. The predicted octanol–water partition coefficient (Wildman–Crippen LogP) is 5.79. The first-order chi connectivity index (χ1) is 18.6. The van der Waals surface area contributed by atoms with Gasteiger partial charge in [0.15, 0.2) is 0 Å². The Labute approximate surface area is 243 Å². The fourth-order valence-electron chi connectivity index (χ4n) is 4.11. The number of hydrogen-bond acceptors (Lipinski definition) is 4. The second kappa shape index (κ2) is 12.4. The molecule has 1 atom stereocenters. The van der Waals surface area contributed by atoms with Crippen LogP contribution in [-0.2, 0) is 26.2 Å². The molecule has 0 aromatic heterocycles.